The Morgan fingerprint density at radius 3 is 2.58 bits per heavy atom. The molecule has 8 heteroatoms. The third-order valence-corrected chi connectivity index (χ3v) is 7.37. The van der Waals surface area contributed by atoms with Crippen molar-refractivity contribution in [2.75, 3.05) is 17.4 Å². The van der Waals surface area contributed by atoms with Crippen molar-refractivity contribution in [2.45, 2.75) is 50.5 Å². The summed E-state index contributed by atoms with van der Waals surface area (Å²) in [6.07, 6.45) is 5.01. The summed E-state index contributed by atoms with van der Waals surface area (Å²) >= 11 is 6.17. The molecule has 1 aliphatic heterocycles. The van der Waals surface area contributed by atoms with E-state index in [2.05, 4.69) is 0 Å². The van der Waals surface area contributed by atoms with Crippen LogP contribution in [0.2, 0.25) is 5.02 Å². The van der Waals surface area contributed by atoms with Crippen LogP contribution in [0.1, 0.15) is 43.2 Å². The van der Waals surface area contributed by atoms with Crippen molar-refractivity contribution < 1.29 is 22.7 Å². The van der Waals surface area contributed by atoms with Crippen molar-refractivity contribution in [3.8, 4) is 5.75 Å². The Hall–Kier alpha value is -2.09. The molecule has 2 aliphatic rings. The Labute approximate surface area is 188 Å². The largest absolute Gasteiger partial charge is 0.467 e. The molecule has 2 aromatic carbocycles. The van der Waals surface area contributed by atoms with Crippen molar-refractivity contribution in [3.05, 3.63) is 58.6 Å². The number of hydrogen-bond acceptors (Lipinski definition) is 5. The first-order chi connectivity index (χ1) is 14.9. The molecule has 0 aromatic heterocycles. The maximum Gasteiger partial charge on any atom is 0.242 e. The fourth-order valence-corrected chi connectivity index (χ4v) is 5.96. The molecule has 0 radical (unpaired) electrons. The lowest BCUT2D eigenvalue weighted by molar-refractivity contribution is -0.116. The van der Waals surface area contributed by atoms with Gasteiger partial charge in [0, 0.05) is 27.9 Å². The van der Waals surface area contributed by atoms with Crippen molar-refractivity contribution in [1.29, 1.82) is 0 Å². The molecule has 0 saturated heterocycles. The van der Waals surface area contributed by atoms with Gasteiger partial charge < -0.3 is 14.4 Å². The molecular formula is C23H26ClNO5S. The summed E-state index contributed by atoms with van der Waals surface area (Å²) in [5.41, 5.74) is 1.92. The van der Waals surface area contributed by atoms with Crippen LogP contribution in [0.3, 0.4) is 0 Å². The molecule has 166 valence electrons. The lowest BCUT2D eigenvalue weighted by atomic mass is 9.93. The average molecular weight is 464 g/mol. The first kappa shape index (κ1) is 22.1. The van der Waals surface area contributed by atoms with Gasteiger partial charge in [0.2, 0.25) is 5.91 Å². The highest BCUT2D eigenvalue weighted by atomic mass is 35.5. The second-order valence-corrected chi connectivity index (χ2v) is 10.6. The van der Waals surface area contributed by atoms with Gasteiger partial charge in [-0.1, -0.05) is 49.1 Å². The zero-order valence-electron chi connectivity index (χ0n) is 17.3. The zero-order chi connectivity index (χ0) is 21.8. The molecule has 31 heavy (non-hydrogen) atoms. The predicted octanol–water partition coefficient (Wildman–Crippen LogP) is 4.49. The second kappa shape index (κ2) is 9.59. The second-order valence-electron chi connectivity index (χ2n) is 8.09. The summed E-state index contributed by atoms with van der Waals surface area (Å²) in [7, 11) is -3.75. The van der Waals surface area contributed by atoms with Gasteiger partial charge in [0.1, 0.15) is 11.5 Å². The summed E-state index contributed by atoms with van der Waals surface area (Å²) in [6.45, 7) is 0.370. The molecule has 0 atom stereocenters. The number of halogens is 1. The normalized spacial score (nSPS) is 16.9. The van der Waals surface area contributed by atoms with Gasteiger partial charge in [0.25, 0.3) is 0 Å². The van der Waals surface area contributed by atoms with E-state index in [9.17, 15) is 13.2 Å². The highest BCUT2D eigenvalue weighted by Crippen LogP contribution is 2.33. The predicted molar refractivity (Wildman–Crippen MR) is 120 cm³/mol. The maximum absolute atomic E-state index is 13.3. The zero-order valence-corrected chi connectivity index (χ0v) is 18.8. The fraction of sp³-hybridized carbons (Fsp3) is 0.435. The van der Waals surface area contributed by atoms with Crippen LogP contribution in [0.4, 0.5) is 5.69 Å². The van der Waals surface area contributed by atoms with Gasteiger partial charge in [-0.3, -0.25) is 4.79 Å². The fourth-order valence-electron chi connectivity index (χ4n) is 4.40. The lowest BCUT2D eigenvalue weighted by Crippen LogP contribution is -2.44. The molecule has 4 rings (SSSR count). The highest BCUT2D eigenvalue weighted by molar-refractivity contribution is 7.91. The Balaban J connectivity index is 1.56. The van der Waals surface area contributed by atoms with E-state index in [1.807, 2.05) is 30.3 Å². The van der Waals surface area contributed by atoms with Crippen molar-refractivity contribution in [3.63, 3.8) is 0 Å². The smallest absolute Gasteiger partial charge is 0.242 e. The molecule has 0 N–H and O–H groups in total. The summed E-state index contributed by atoms with van der Waals surface area (Å²) < 4.78 is 36.9. The van der Waals surface area contributed by atoms with E-state index in [0.717, 1.165) is 37.8 Å². The lowest BCUT2D eigenvalue weighted by Gasteiger charge is -2.34. The van der Waals surface area contributed by atoms with E-state index in [-0.39, 0.29) is 18.6 Å². The minimum Gasteiger partial charge on any atom is -0.467 e. The van der Waals surface area contributed by atoms with Crippen LogP contribution in [-0.4, -0.2) is 32.9 Å². The molecule has 1 aliphatic carbocycles. The number of para-hydroxylation sites is 1. The number of carbonyl (C=O) groups excluding carboxylic acids is 1. The monoisotopic (exact) mass is 463 g/mol. The van der Waals surface area contributed by atoms with Crippen molar-refractivity contribution in [1.82, 2.24) is 0 Å². The Morgan fingerprint density at radius 2 is 1.84 bits per heavy atom. The van der Waals surface area contributed by atoms with Gasteiger partial charge >= 0.3 is 0 Å². The van der Waals surface area contributed by atoms with E-state index in [1.54, 1.807) is 17.0 Å². The number of fused-ring (bicyclic) bond motifs is 1. The first-order valence-corrected chi connectivity index (χ1v) is 12.7. The van der Waals surface area contributed by atoms with E-state index in [1.165, 1.54) is 0 Å². The number of sulfone groups is 1. The number of nitrogens with zero attached hydrogens (tertiary/aromatic N) is 1. The number of carbonyl (C=O) groups is 1. The first-order valence-electron chi connectivity index (χ1n) is 10.5. The van der Waals surface area contributed by atoms with Gasteiger partial charge in [0.15, 0.2) is 16.6 Å². The van der Waals surface area contributed by atoms with Gasteiger partial charge in [-0.15, -0.1) is 0 Å². The third-order valence-electron chi connectivity index (χ3n) is 5.71. The van der Waals surface area contributed by atoms with Crippen molar-refractivity contribution >= 4 is 33.0 Å². The minimum absolute atomic E-state index is 0.0262. The summed E-state index contributed by atoms with van der Waals surface area (Å²) in [4.78, 5) is 15.0. The van der Waals surface area contributed by atoms with Crippen LogP contribution in [0.15, 0.2) is 42.5 Å². The van der Waals surface area contributed by atoms with Crippen LogP contribution in [0.25, 0.3) is 0 Å². The van der Waals surface area contributed by atoms with Gasteiger partial charge in [0.05, 0.1) is 12.4 Å². The Kier molecular flexibility index (Phi) is 6.84. The topological polar surface area (TPSA) is 72.9 Å². The SMILES string of the molecule is O=C(CS(=O)(=O)Cc1cc(Cl)cc2c1OCOC2)N(c1ccccc1)C1CCCCC1. The van der Waals surface area contributed by atoms with Gasteiger partial charge in [-0.2, -0.15) is 0 Å². The number of amides is 1. The van der Waals surface area contributed by atoms with Crippen LogP contribution < -0.4 is 9.64 Å². The standard InChI is InChI=1S/C23H26ClNO5S/c24-19-11-17-13-29-16-30-23(17)18(12-19)14-31(27,28)15-22(26)25(20-7-3-1-4-8-20)21-9-5-2-6-10-21/h1,3-4,7-8,11-12,21H,2,5-6,9-10,13-16H2. The number of benzene rings is 2. The average Bonchev–Trinajstić information content (AvgIpc) is 2.74. The molecule has 1 amide bonds. The number of rotatable bonds is 6. The Morgan fingerprint density at radius 1 is 1.10 bits per heavy atom. The molecule has 1 saturated carbocycles. The maximum atomic E-state index is 13.3. The van der Waals surface area contributed by atoms with E-state index in [0.29, 0.717) is 28.5 Å². The molecule has 0 bridgehead atoms. The van der Waals surface area contributed by atoms with Crippen molar-refractivity contribution in [2.24, 2.45) is 0 Å². The summed E-state index contributed by atoms with van der Waals surface area (Å²) in [5.74, 6) is -0.775. The van der Waals surface area contributed by atoms with E-state index in [4.69, 9.17) is 21.1 Å². The molecule has 2 aromatic rings. The molecule has 0 spiro atoms. The van der Waals surface area contributed by atoms with Gasteiger partial charge in [-0.25, -0.2) is 8.42 Å². The molecule has 1 heterocycles. The third kappa shape index (κ3) is 5.40. The quantitative estimate of drug-likeness (QED) is 0.631. The van der Waals surface area contributed by atoms with Gasteiger partial charge in [-0.05, 0) is 37.1 Å². The molecule has 6 nitrogen and oxygen atoms in total. The Bertz CT molecular complexity index is 1040. The van der Waals surface area contributed by atoms with Crippen LogP contribution in [0.5, 0.6) is 5.75 Å². The van der Waals surface area contributed by atoms with E-state index < -0.39 is 21.5 Å². The molecule has 1 fully saturated rings. The number of ether oxygens (including phenoxy) is 2. The molecular weight excluding hydrogens is 438 g/mol. The van der Waals surface area contributed by atoms with Crippen LogP contribution >= 0.6 is 11.6 Å². The number of anilines is 1. The summed E-state index contributed by atoms with van der Waals surface area (Å²) in [6, 6.07) is 12.7. The van der Waals surface area contributed by atoms with Crippen LogP contribution in [0, 0.1) is 0 Å². The van der Waals surface area contributed by atoms with E-state index >= 15 is 0 Å². The minimum atomic E-state index is -3.75. The van der Waals surface area contributed by atoms with Crippen LogP contribution in [-0.2, 0) is 31.7 Å². The summed E-state index contributed by atoms with van der Waals surface area (Å²) in [5, 5.41) is 0.414. The number of hydrogen-bond donors (Lipinski definition) is 0. The molecule has 0 unspecified atom stereocenters. The highest BCUT2D eigenvalue weighted by Gasteiger charge is 2.31.